The fourth-order valence-electron chi connectivity index (χ4n) is 2.07. The smallest absolute Gasteiger partial charge is 0.0554 e. The first-order chi connectivity index (χ1) is 7.20. The van der Waals surface area contributed by atoms with E-state index in [9.17, 15) is 0 Å². The van der Waals surface area contributed by atoms with E-state index in [1.165, 1.54) is 32.2 Å². The molecule has 90 valence electrons. The molecule has 0 saturated carbocycles. The summed E-state index contributed by atoms with van der Waals surface area (Å²) in [6.45, 7) is 11.1. The van der Waals surface area contributed by atoms with Crippen molar-refractivity contribution in [1.82, 2.24) is 5.32 Å². The van der Waals surface area contributed by atoms with E-state index < -0.39 is 0 Å². The number of nitrogens with one attached hydrogen (secondary N) is 1. The third-order valence-electron chi connectivity index (χ3n) is 3.43. The van der Waals surface area contributed by atoms with Crippen molar-refractivity contribution in [3.05, 3.63) is 0 Å². The SMILES string of the molecule is CCCCC(CC)CNCC1(C)COC1. The van der Waals surface area contributed by atoms with Crippen LogP contribution in [0.5, 0.6) is 0 Å². The molecule has 1 fully saturated rings. The van der Waals surface area contributed by atoms with E-state index in [0.717, 1.165) is 25.7 Å². The maximum absolute atomic E-state index is 5.25. The van der Waals surface area contributed by atoms with Crippen LogP contribution in [0.25, 0.3) is 0 Å². The molecule has 1 heterocycles. The lowest BCUT2D eigenvalue weighted by atomic mass is 9.88. The first kappa shape index (κ1) is 13.0. The highest BCUT2D eigenvalue weighted by Crippen LogP contribution is 2.25. The van der Waals surface area contributed by atoms with Gasteiger partial charge in [-0.3, -0.25) is 0 Å². The van der Waals surface area contributed by atoms with Gasteiger partial charge in [0.25, 0.3) is 0 Å². The van der Waals surface area contributed by atoms with Crippen LogP contribution in [0.3, 0.4) is 0 Å². The van der Waals surface area contributed by atoms with Crippen LogP contribution >= 0.6 is 0 Å². The highest BCUT2D eigenvalue weighted by molar-refractivity contribution is 4.83. The van der Waals surface area contributed by atoms with Crippen LogP contribution in [0.15, 0.2) is 0 Å². The van der Waals surface area contributed by atoms with E-state index in [0.29, 0.717) is 5.41 Å². The van der Waals surface area contributed by atoms with Crippen molar-refractivity contribution < 1.29 is 4.74 Å². The Bertz CT molecular complexity index is 166. The number of rotatable bonds is 8. The molecule has 0 amide bonds. The molecule has 0 aromatic rings. The van der Waals surface area contributed by atoms with Gasteiger partial charge >= 0.3 is 0 Å². The van der Waals surface area contributed by atoms with E-state index in [1.54, 1.807) is 0 Å². The predicted octanol–water partition coefficient (Wildman–Crippen LogP) is 2.83. The van der Waals surface area contributed by atoms with Gasteiger partial charge in [0.15, 0.2) is 0 Å². The van der Waals surface area contributed by atoms with Crippen LogP contribution in [0.4, 0.5) is 0 Å². The lowest BCUT2D eigenvalue weighted by Gasteiger charge is -2.38. The number of ether oxygens (including phenoxy) is 1. The Morgan fingerprint density at radius 1 is 1.33 bits per heavy atom. The van der Waals surface area contributed by atoms with E-state index in [-0.39, 0.29) is 0 Å². The average molecular weight is 213 g/mol. The van der Waals surface area contributed by atoms with Gasteiger partial charge in [0, 0.05) is 12.0 Å². The Morgan fingerprint density at radius 2 is 2.07 bits per heavy atom. The second-order valence-electron chi connectivity index (χ2n) is 5.35. The van der Waals surface area contributed by atoms with E-state index in [1.807, 2.05) is 0 Å². The molecule has 1 unspecified atom stereocenters. The van der Waals surface area contributed by atoms with Gasteiger partial charge in [0.2, 0.25) is 0 Å². The van der Waals surface area contributed by atoms with Gasteiger partial charge in [-0.2, -0.15) is 0 Å². The molecular weight excluding hydrogens is 186 g/mol. The van der Waals surface area contributed by atoms with Crippen molar-refractivity contribution in [2.24, 2.45) is 11.3 Å². The van der Waals surface area contributed by atoms with Crippen LogP contribution in [-0.4, -0.2) is 26.3 Å². The molecule has 1 rings (SSSR count). The highest BCUT2D eigenvalue weighted by Gasteiger charge is 2.32. The van der Waals surface area contributed by atoms with Gasteiger partial charge in [0.1, 0.15) is 0 Å². The lowest BCUT2D eigenvalue weighted by molar-refractivity contribution is -0.0992. The normalized spacial score (nSPS) is 21.0. The van der Waals surface area contributed by atoms with Crippen molar-refractivity contribution in [3.8, 4) is 0 Å². The average Bonchev–Trinajstić information content (AvgIpc) is 2.20. The number of hydrogen-bond donors (Lipinski definition) is 1. The summed E-state index contributed by atoms with van der Waals surface area (Å²) in [6.07, 6.45) is 5.38. The van der Waals surface area contributed by atoms with Gasteiger partial charge < -0.3 is 10.1 Å². The van der Waals surface area contributed by atoms with Gasteiger partial charge in [-0.25, -0.2) is 0 Å². The summed E-state index contributed by atoms with van der Waals surface area (Å²) < 4.78 is 5.25. The van der Waals surface area contributed by atoms with Gasteiger partial charge in [0.05, 0.1) is 13.2 Å². The molecule has 1 aliphatic heterocycles. The first-order valence-electron chi connectivity index (χ1n) is 6.48. The minimum absolute atomic E-state index is 0.420. The molecule has 0 radical (unpaired) electrons. The monoisotopic (exact) mass is 213 g/mol. The van der Waals surface area contributed by atoms with Crippen molar-refractivity contribution >= 4 is 0 Å². The largest absolute Gasteiger partial charge is 0.380 e. The lowest BCUT2D eigenvalue weighted by Crippen LogP contribution is -2.48. The summed E-state index contributed by atoms with van der Waals surface area (Å²) in [6, 6.07) is 0. The molecule has 15 heavy (non-hydrogen) atoms. The van der Waals surface area contributed by atoms with Crippen molar-refractivity contribution in [2.75, 3.05) is 26.3 Å². The maximum Gasteiger partial charge on any atom is 0.0554 e. The minimum Gasteiger partial charge on any atom is -0.380 e. The molecule has 1 aliphatic rings. The molecule has 0 spiro atoms. The van der Waals surface area contributed by atoms with Crippen LogP contribution in [0, 0.1) is 11.3 Å². The van der Waals surface area contributed by atoms with Crippen LogP contribution in [0.2, 0.25) is 0 Å². The Morgan fingerprint density at radius 3 is 2.53 bits per heavy atom. The topological polar surface area (TPSA) is 21.3 Å². The molecule has 2 heteroatoms. The summed E-state index contributed by atoms with van der Waals surface area (Å²) in [4.78, 5) is 0. The fraction of sp³-hybridized carbons (Fsp3) is 1.00. The summed E-state index contributed by atoms with van der Waals surface area (Å²) in [5.41, 5.74) is 0.420. The quantitative estimate of drug-likeness (QED) is 0.669. The van der Waals surface area contributed by atoms with E-state index >= 15 is 0 Å². The zero-order valence-electron chi connectivity index (χ0n) is 10.6. The molecule has 0 aromatic carbocycles. The zero-order chi connectivity index (χ0) is 11.1. The van der Waals surface area contributed by atoms with Crippen LogP contribution < -0.4 is 5.32 Å². The minimum atomic E-state index is 0.420. The van der Waals surface area contributed by atoms with Crippen molar-refractivity contribution in [2.45, 2.75) is 46.5 Å². The van der Waals surface area contributed by atoms with E-state index in [4.69, 9.17) is 4.74 Å². The summed E-state index contributed by atoms with van der Waals surface area (Å²) in [5, 5.41) is 3.61. The summed E-state index contributed by atoms with van der Waals surface area (Å²) in [5.74, 6) is 0.870. The molecule has 0 aliphatic carbocycles. The van der Waals surface area contributed by atoms with Crippen molar-refractivity contribution in [1.29, 1.82) is 0 Å². The van der Waals surface area contributed by atoms with Gasteiger partial charge in [-0.15, -0.1) is 0 Å². The molecule has 1 saturated heterocycles. The molecule has 1 N–H and O–H groups in total. The van der Waals surface area contributed by atoms with Gasteiger partial charge in [-0.05, 0) is 18.9 Å². The zero-order valence-corrected chi connectivity index (χ0v) is 10.6. The molecule has 0 aromatic heterocycles. The molecule has 1 atom stereocenters. The third kappa shape index (κ3) is 4.52. The first-order valence-corrected chi connectivity index (χ1v) is 6.48. The fourth-order valence-corrected chi connectivity index (χ4v) is 2.07. The Labute approximate surface area is 94.8 Å². The number of unbranched alkanes of at least 4 members (excludes halogenated alkanes) is 1. The summed E-state index contributed by atoms with van der Waals surface area (Å²) in [7, 11) is 0. The molecule has 0 bridgehead atoms. The highest BCUT2D eigenvalue weighted by atomic mass is 16.5. The Hall–Kier alpha value is -0.0800. The second kappa shape index (κ2) is 6.49. The van der Waals surface area contributed by atoms with Crippen molar-refractivity contribution in [3.63, 3.8) is 0 Å². The summed E-state index contributed by atoms with van der Waals surface area (Å²) >= 11 is 0. The third-order valence-corrected chi connectivity index (χ3v) is 3.43. The molecular formula is C13H27NO. The van der Waals surface area contributed by atoms with E-state index in [2.05, 4.69) is 26.1 Å². The second-order valence-corrected chi connectivity index (χ2v) is 5.35. The standard InChI is InChI=1S/C13H27NO/c1-4-6-7-12(5-2)8-14-9-13(3)10-15-11-13/h12,14H,4-11H2,1-3H3. The Balaban J connectivity index is 2.05. The van der Waals surface area contributed by atoms with Gasteiger partial charge in [-0.1, -0.05) is 40.0 Å². The van der Waals surface area contributed by atoms with Crippen LogP contribution in [0.1, 0.15) is 46.5 Å². The predicted molar refractivity (Wildman–Crippen MR) is 65.1 cm³/mol. The Kier molecular flexibility index (Phi) is 5.62. The maximum atomic E-state index is 5.25. The van der Waals surface area contributed by atoms with Crippen LogP contribution in [-0.2, 0) is 4.74 Å². The number of hydrogen-bond acceptors (Lipinski definition) is 2. The molecule has 2 nitrogen and oxygen atoms in total.